The van der Waals surface area contributed by atoms with Crippen LogP contribution in [0, 0.1) is 6.92 Å². The van der Waals surface area contributed by atoms with E-state index in [2.05, 4.69) is 5.32 Å². The van der Waals surface area contributed by atoms with E-state index >= 15 is 0 Å². The smallest absolute Gasteiger partial charge is 0.304 e. The van der Waals surface area contributed by atoms with Crippen molar-refractivity contribution in [2.24, 2.45) is 0 Å². The number of hydrogen-bond donors (Lipinski definition) is 1. The molecule has 2 aromatic carbocycles. The van der Waals surface area contributed by atoms with Gasteiger partial charge in [-0.2, -0.15) is 12.7 Å². The largest absolute Gasteiger partial charge is 0.354 e. The number of nitrogens with zero attached hydrogens (tertiary/aromatic N) is 3. The van der Waals surface area contributed by atoms with Gasteiger partial charge < -0.3 is 10.2 Å². The summed E-state index contributed by atoms with van der Waals surface area (Å²) in [6.45, 7) is 5.82. The zero-order valence-corrected chi connectivity index (χ0v) is 20.8. The SMILES string of the molecule is CCCNC(=O)[C@H](C)N(Cc1cccc(C)c1)C(=O)CN(c1ccccc1)S(=O)(=O)N(C)C. The van der Waals surface area contributed by atoms with Crippen LogP contribution in [0.15, 0.2) is 54.6 Å². The van der Waals surface area contributed by atoms with Gasteiger partial charge in [-0.1, -0.05) is 55.0 Å². The molecule has 0 heterocycles. The Morgan fingerprint density at radius 3 is 2.27 bits per heavy atom. The summed E-state index contributed by atoms with van der Waals surface area (Å²) in [6, 6.07) is 15.4. The number of nitrogens with one attached hydrogen (secondary N) is 1. The van der Waals surface area contributed by atoms with Gasteiger partial charge >= 0.3 is 10.2 Å². The molecule has 0 saturated heterocycles. The van der Waals surface area contributed by atoms with Crippen LogP contribution in [0.1, 0.15) is 31.4 Å². The molecule has 0 fully saturated rings. The zero-order valence-electron chi connectivity index (χ0n) is 20.0. The van der Waals surface area contributed by atoms with E-state index < -0.39 is 28.7 Å². The van der Waals surface area contributed by atoms with Crippen molar-refractivity contribution in [2.45, 2.75) is 39.8 Å². The molecule has 0 aliphatic rings. The fourth-order valence-corrected chi connectivity index (χ4v) is 4.35. The van der Waals surface area contributed by atoms with Gasteiger partial charge in [0.25, 0.3) is 0 Å². The van der Waals surface area contributed by atoms with E-state index in [1.807, 2.05) is 38.1 Å². The van der Waals surface area contributed by atoms with Crippen molar-refractivity contribution in [3.8, 4) is 0 Å². The molecule has 2 rings (SSSR count). The number of benzene rings is 2. The van der Waals surface area contributed by atoms with Crippen LogP contribution in [0.2, 0.25) is 0 Å². The number of rotatable bonds is 11. The Morgan fingerprint density at radius 1 is 1.03 bits per heavy atom. The van der Waals surface area contributed by atoms with E-state index in [0.29, 0.717) is 12.2 Å². The molecule has 1 N–H and O–H groups in total. The maximum Gasteiger partial charge on any atom is 0.304 e. The predicted molar refractivity (Wildman–Crippen MR) is 131 cm³/mol. The summed E-state index contributed by atoms with van der Waals surface area (Å²) in [5, 5.41) is 2.83. The number of aryl methyl sites for hydroxylation is 1. The molecule has 9 heteroatoms. The topological polar surface area (TPSA) is 90.0 Å². The van der Waals surface area contributed by atoms with Gasteiger partial charge in [0.1, 0.15) is 12.6 Å². The third-order valence-corrected chi connectivity index (χ3v) is 7.03. The molecule has 0 bridgehead atoms. The van der Waals surface area contributed by atoms with Crippen LogP contribution in [-0.2, 0) is 26.3 Å². The quantitative estimate of drug-likeness (QED) is 0.542. The summed E-state index contributed by atoms with van der Waals surface area (Å²) in [5.74, 6) is -0.746. The average molecular weight is 475 g/mol. The fourth-order valence-electron chi connectivity index (χ4n) is 3.30. The minimum absolute atomic E-state index is 0.186. The Bertz CT molecular complexity index is 1040. The lowest BCUT2D eigenvalue weighted by atomic mass is 10.1. The van der Waals surface area contributed by atoms with E-state index in [-0.39, 0.29) is 12.5 Å². The Labute approximate surface area is 197 Å². The van der Waals surface area contributed by atoms with Gasteiger partial charge in [0.15, 0.2) is 0 Å². The first kappa shape index (κ1) is 26.3. The van der Waals surface area contributed by atoms with Crippen molar-refractivity contribution in [1.29, 1.82) is 0 Å². The van der Waals surface area contributed by atoms with Crippen molar-refractivity contribution >= 4 is 27.7 Å². The summed E-state index contributed by atoms with van der Waals surface area (Å²) in [5.41, 5.74) is 2.27. The third kappa shape index (κ3) is 7.03. The number of para-hydroxylation sites is 1. The van der Waals surface area contributed by atoms with Gasteiger partial charge in [-0.25, -0.2) is 4.31 Å². The average Bonchev–Trinajstić information content (AvgIpc) is 2.79. The van der Waals surface area contributed by atoms with Gasteiger partial charge in [0.05, 0.1) is 5.69 Å². The molecule has 180 valence electrons. The minimum Gasteiger partial charge on any atom is -0.354 e. The van der Waals surface area contributed by atoms with Crippen LogP contribution in [0.3, 0.4) is 0 Å². The minimum atomic E-state index is -3.94. The second kappa shape index (κ2) is 11.8. The van der Waals surface area contributed by atoms with Gasteiger partial charge in [-0.15, -0.1) is 0 Å². The number of carbonyl (C=O) groups excluding carboxylic acids is 2. The molecular formula is C24H34N4O4S. The summed E-state index contributed by atoms with van der Waals surface area (Å²) in [7, 11) is -1.11. The van der Waals surface area contributed by atoms with Gasteiger partial charge in [0.2, 0.25) is 11.8 Å². The molecule has 0 aliphatic carbocycles. The first-order valence-electron chi connectivity index (χ1n) is 11.0. The van der Waals surface area contributed by atoms with Crippen LogP contribution < -0.4 is 9.62 Å². The van der Waals surface area contributed by atoms with Crippen LogP contribution >= 0.6 is 0 Å². The van der Waals surface area contributed by atoms with Crippen molar-refractivity contribution in [3.63, 3.8) is 0 Å². The van der Waals surface area contributed by atoms with Crippen LogP contribution in [0.25, 0.3) is 0 Å². The third-order valence-electron chi connectivity index (χ3n) is 5.21. The highest BCUT2D eigenvalue weighted by atomic mass is 32.2. The van der Waals surface area contributed by atoms with Crippen molar-refractivity contribution in [1.82, 2.24) is 14.5 Å². The summed E-state index contributed by atoms with van der Waals surface area (Å²) in [6.07, 6.45) is 0.771. The summed E-state index contributed by atoms with van der Waals surface area (Å²) >= 11 is 0. The molecule has 1 atom stereocenters. The normalized spacial score (nSPS) is 12.3. The Kier molecular flexibility index (Phi) is 9.43. The van der Waals surface area contributed by atoms with Crippen molar-refractivity contribution < 1.29 is 18.0 Å². The maximum absolute atomic E-state index is 13.5. The number of carbonyl (C=O) groups is 2. The molecular weight excluding hydrogens is 440 g/mol. The molecule has 2 aromatic rings. The Hall–Kier alpha value is -2.91. The highest BCUT2D eigenvalue weighted by Gasteiger charge is 2.32. The highest BCUT2D eigenvalue weighted by molar-refractivity contribution is 7.90. The van der Waals surface area contributed by atoms with Gasteiger partial charge in [0, 0.05) is 27.2 Å². The second-order valence-electron chi connectivity index (χ2n) is 8.11. The molecule has 8 nitrogen and oxygen atoms in total. The fraction of sp³-hybridized carbons (Fsp3) is 0.417. The standard InChI is InChI=1S/C24H34N4O4S/c1-6-15-25-24(30)20(3)27(17-21-12-10-11-19(2)16-21)23(29)18-28(33(31,32)26(4)5)22-13-8-7-9-14-22/h7-14,16,20H,6,15,17-18H2,1-5H3,(H,25,30)/t20-/m0/s1. The van der Waals surface area contributed by atoms with E-state index in [0.717, 1.165) is 26.2 Å². The number of hydrogen-bond acceptors (Lipinski definition) is 4. The maximum atomic E-state index is 13.5. The molecule has 2 amide bonds. The number of amides is 2. The van der Waals surface area contributed by atoms with E-state index in [9.17, 15) is 18.0 Å². The van der Waals surface area contributed by atoms with E-state index in [1.54, 1.807) is 37.3 Å². The number of anilines is 1. The van der Waals surface area contributed by atoms with Gasteiger partial charge in [-0.3, -0.25) is 9.59 Å². The lowest BCUT2D eigenvalue weighted by Gasteiger charge is -2.32. The molecule has 0 aliphatic heterocycles. The molecule has 0 radical (unpaired) electrons. The molecule has 0 saturated carbocycles. The Balaban J connectivity index is 2.40. The lowest BCUT2D eigenvalue weighted by molar-refractivity contribution is -0.139. The Morgan fingerprint density at radius 2 is 1.70 bits per heavy atom. The first-order valence-corrected chi connectivity index (χ1v) is 12.4. The first-order chi connectivity index (χ1) is 15.6. The van der Waals surface area contributed by atoms with E-state index in [1.165, 1.54) is 19.0 Å². The molecule has 0 spiro atoms. The summed E-state index contributed by atoms with van der Waals surface area (Å²) < 4.78 is 28.2. The molecule has 33 heavy (non-hydrogen) atoms. The van der Waals surface area contributed by atoms with Crippen LogP contribution in [0.4, 0.5) is 5.69 Å². The molecule has 0 unspecified atom stereocenters. The monoisotopic (exact) mass is 474 g/mol. The zero-order chi connectivity index (χ0) is 24.6. The second-order valence-corrected chi connectivity index (χ2v) is 10.2. The molecule has 0 aromatic heterocycles. The lowest BCUT2D eigenvalue weighted by Crippen LogP contribution is -2.52. The van der Waals surface area contributed by atoms with Crippen LogP contribution in [-0.4, -0.2) is 62.7 Å². The summed E-state index contributed by atoms with van der Waals surface area (Å²) in [4.78, 5) is 27.7. The van der Waals surface area contributed by atoms with Crippen LogP contribution in [0.5, 0.6) is 0 Å². The van der Waals surface area contributed by atoms with Crippen molar-refractivity contribution in [2.75, 3.05) is 31.5 Å². The van der Waals surface area contributed by atoms with Crippen molar-refractivity contribution in [3.05, 3.63) is 65.7 Å². The predicted octanol–water partition coefficient (Wildman–Crippen LogP) is 2.55. The highest BCUT2D eigenvalue weighted by Crippen LogP contribution is 2.20. The van der Waals surface area contributed by atoms with E-state index in [4.69, 9.17) is 0 Å². The van der Waals surface area contributed by atoms with Gasteiger partial charge in [-0.05, 0) is 38.0 Å².